The van der Waals surface area contributed by atoms with Crippen molar-refractivity contribution in [1.29, 1.82) is 0 Å². The Labute approximate surface area is 143 Å². The number of nitrogens with one attached hydrogen (secondary N) is 2. The molecule has 8 heteroatoms. The van der Waals surface area contributed by atoms with Gasteiger partial charge in [0.1, 0.15) is 0 Å². The van der Waals surface area contributed by atoms with Gasteiger partial charge in [0, 0.05) is 28.4 Å². The van der Waals surface area contributed by atoms with Gasteiger partial charge in [-0.15, -0.1) is 0 Å². The molecule has 0 aromatic heterocycles. The number of benzene rings is 2. The van der Waals surface area contributed by atoms with Gasteiger partial charge in [-0.25, -0.2) is 5.43 Å². The maximum atomic E-state index is 11.7. The van der Waals surface area contributed by atoms with Crippen LogP contribution < -0.4 is 10.7 Å². The fourth-order valence-corrected chi connectivity index (χ4v) is 2.16. The van der Waals surface area contributed by atoms with E-state index in [-0.39, 0.29) is 18.1 Å². The molecular weight excluding hydrogens is 332 g/mol. The van der Waals surface area contributed by atoms with Crippen molar-refractivity contribution in [3.63, 3.8) is 0 Å². The number of nitrogens with zero attached hydrogens (tertiary/aromatic N) is 2. The molecule has 0 unspecified atom stereocenters. The Morgan fingerprint density at radius 1 is 1.33 bits per heavy atom. The molecule has 0 saturated heterocycles. The molecule has 0 radical (unpaired) electrons. The summed E-state index contributed by atoms with van der Waals surface area (Å²) in [6.45, 7) is 1.92. The van der Waals surface area contributed by atoms with Gasteiger partial charge in [-0.3, -0.25) is 14.9 Å². The Morgan fingerprint density at radius 3 is 2.83 bits per heavy atom. The fraction of sp³-hybridized carbons (Fsp3) is 0.125. The summed E-state index contributed by atoms with van der Waals surface area (Å²) in [6, 6.07) is 11.3. The van der Waals surface area contributed by atoms with Crippen molar-refractivity contribution < 1.29 is 9.72 Å². The van der Waals surface area contributed by atoms with E-state index < -0.39 is 4.92 Å². The minimum absolute atomic E-state index is 0.0365. The molecule has 0 aliphatic carbocycles. The van der Waals surface area contributed by atoms with E-state index in [2.05, 4.69) is 15.8 Å². The molecule has 0 atom stereocenters. The van der Waals surface area contributed by atoms with Crippen molar-refractivity contribution in [3.8, 4) is 0 Å². The third kappa shape index (κ3) is 5.06. The van der Waals surface area contributed by atoms with E-state index in [1.807, 2.05) is 6.92 Å². The first-order valence-electron chi connectivity index (χ1n) is 7.02. The molecule has 0 heterocycles. The molecule has 124 valence electrons. The number of amides is 1. The summed E-state index contributed by atoms with van der Waals surface area (Å²) in [4.78, 5) is 21.9. The van der Waals surface area contributed by atoms with Gasteiger partial charge in [-0.2, -0.15) is 5.10 Å². The lowest BCUT2D eigenvalue weighted by Gasteiger charge is -2.08. The maximum Gasteiger partial charge on any atom is 0.270 e. The van der Waals surface area contributed by atoms with Crippen LogP contribution in [0.5, 0.6) is 0 Å². The first-order valence-corrected chi connectivity index (χ1v) is 7.40. The van der Waals surface area contributed by atoms with Gasteiger partial charge >= 0.3 is 0 Å². The molecule has 7 nitrogen and oxygen atoms in total. The van der Waals surface area contributed by atoms with Crippen molar-refractivity contribution in [2.45, 2.75) is 6.92 Å². The highest BCUT2D eigenvalue weighted by molar-refractivity contribution is 6.30. The van der Waals surface area contributed by atoms with E-state index in [0.29, 0.717) is 10.6 Å². The number of halogens is 1. The highest BCUT2D eigenvalue weighted by atomic mass is 35.5. The number of rotatable bonds is 6. The van der Waals surface area contributed by atoms with Gasteiger partial charge < -0.3 is 5.32 Å². The zero-order chi connectivity index (χ0) is 17.5. The second-order valence-corrected chi connectivity index (χ2v) is 5.39. The van der Waals surface area contributed by atoms with E-state index in [9.17, 15) is 14.9 Å². The number of aryl methyl sites for hydroxylation is 1. The van der Waals surface area contributed by atoms with Crippen molar-refractivity contribution in [1.82, 2.24) is 5.43 Å². The average molecular weight is 347 g/mol. The van der Waals surface area contributed by atoms with Crippen molar-refractivity contribution in [3.05, 3.63) is 68.7 Å². The minimum atomic E-state index is -0.492. The highest BCUT2D eigenvalue weighted by Gasteiger charge is 2.05. The van der Waals surface area contributed by atoms with Crippen LogP contribution in [0.4, 0.5) is 11.4 Å². The maximum absolute atomic E-state index is 11.7. The van der Waals surface area contributed by atoms with Gasteiger partial charge in [0.15, 0.2) is 0 Å². The molecule has 0 aliphatic rings. The lowest BCUT2D eigenvalue weighted by molar-refractivity contribution is -0.384. The van der Waals surface area contributed by atoms with Gasteiger partial charge in [0.05, 0.1) is 17.7 Å². The van der Waals surface area contributed by atoms with Crippen molar-refractivity contribution in [2.75, 3.05) is 11.9 Å². The summed E-state index contributed by atoms with van der Waals surface area (Å²) < 4.78 is 0. The predicted octanol–water partition coefficient (Wildman–Crippen LogP) is 3.12. The normalized spacial score (nSPS) is 10.6. The first-order chi connectivity index (χ1) is 11.5. The van der Waals surface area contributed by atoms with Crippen LogP contribution in [0.1, 0.15) is 11.1 Å². The monoisotopic (exact) mass is 346 g/mol. The van der Waals surface area contributed by atoms with Crippen LogP contribution in [0.25, 0.3) is 0 Å². The molecule has 0 fully saturated rings. The number of carbonyl (C=O) groups is 1. The molecule has 0 aliphatic heterocycles. The summed E-state index contributed by atoms with van der Waals surface area (Å²) >= 11 is 5.87. The first kappa shape index (κ1) is 17.4. The molecule has 2 rings (SSSR count). The molecular formula is C16H15ClN4O3. The van der Waals surface area contributed by atoms with Crippen LogP contribution >= 0.6 is 11.6 Å². The summed E-state index contributed by atoms with van der Waals surface area (Å²) in [5.74, 6) is -0.342. The quantitative estimate of drug-likeness (QED) is 0.477. The third-order valence-corrected chi connectivity index (χ3v) is 3.35. The standard InChI is InChI=1S/C16H15ClN4O3/c1-11-7-13(17)5-6-15(11)18-10-16(22)20-19-9-12-3-2-4-14(8-12)21(23)24/h2-9,18H,10H2,1H3,(H,20,22)/b19-9+. The van der Waals surface area contributed by atoms with Crippen LogP contribution in [0.3, 0.4) is 0 Å². The Bertz CT molecular complexity index is 793. The summed E-state index contributed by atoms with van der Waals surface area (Å²) in [7, 11) is 0. The molecule has 2 aromatic rings. The van der Waals surface area contributed by atoms with E-state index >= 15 is 0 Å². The van der Waals surface area contributed by atoms with Crippen molar-refractivity contribution in [2.24, 2.45) is 5.10 Å². The number of anilines is 1. The Balaban J connectivity index is 1.86. The number of carbonyl (C=O) groups excluding carboxylic acids is 1. The predicted molar refractivity (Wildman–Crippen MR) is 93.5 cm³/mol. The summed E-state index contributed by atoms with van der Waals surface area (Å²) in [5, 5.41) is 18.1. The van der Waals surface area contributed by atoms with Crippen LogP contribution in [0.2, 0.25) is 5.02 Å². The van der Waals surface area contributed by atoms with E-state index in [1.165, 1.54) is 18.3 Å². The number of nitro groups is 1. The summed E-state index contributed by atoms with van der Waals surface area (Å²) in [5.41, 5.74) is 4.56. The SMILES string of the molecule is Cc1cc(Cl)ccc1NCC(=O)N/N=C/c1cccc([N+](=O)[O-])c1. The Morgan fingerprint density at radius 2 is 2.12 bits per heavy atom. The molecule has 0 saturated carbocycles. The lowest BCUT2D eigenvalue weighted by Crippen LogP contribution is -2.26. The lowest BCUT2D eigenvalue weighted by atomic mass is 10.2. The van der Waals surface area contributed by atoms with Crippen LogP contribution in [0.15, 0.2) is 47.6 Å². The number of hydrazone groups is 1. The van der Waals surface area contributed by atoms with Gasteiger partial charge in [-0.05, 0) is 30.7 Å². The van der Waals surface area contributed by atoms with E-state index in [4.69, 9.17) is 11.6 Å². The van der Waals surface area contributed by atoms with Gasteiger partial charge in [0.25, 0.3) is 11.6 Å². The summed E-state index contributed by atoms with van der Waals surface area (Å²) in [6.07, 6.45) is 1.35. The number of non-ortho nitro benzene ring substituents is 1. The van der Waals surface area contributed by atoms with E-state index in [0.717, 1.165) is 11.3 Å². The topological polar surface area (TPSA) is 96.6 Å². The van der Waals surface area contributed by atoms with Crippen LogP contribution in [-0.2, 0) is 4.79 Å². The molecule has 0 spiro atoms. The Hall–Kier alpha value is -2.93. The average Bonchev–Trinajstić information content (AvgIpc) is 2.54. The second-order valence-electron chi connectivity index (χ2n) is 4.96. The van der Waals surface area contributed by atoms with Crippen LogP contribution in [-0.4, -0.2) is 23.6 Å². The molecule has 2 N–H and O–H groups in total. The number of nitro benzene ring substituents is 1. The second kappa shape index (κ2) is 8.07. The molecule has 2 aromatic carbocycles. The number of hydrogen-bond acceptors (Lipinski definition) is 5. The zero-order valence-electron chi connectivity index (χ0n) is 12.8. The van der Waals surface area contributed by atoms with E-state index in [1.54, 1.807) is 30.3 Å². The van der Waals surface area contributed by atoms with Crippen LogP contribution in [0, 0.1) is 17.0 Å². The smallest absolute Gasteiger partial charge is 0.270 e. The largest absolute Gasteiger partial charge is 0.376 e. The molecule has 0 bridgehead atoms. The number of hydrogen-bond donors (Lipinski definition) is 2. The Kier molecular flexibility index (Phi) is 5.86. The minimum Gasteiger partial charge on any atom is -0.376 e. The highest BCUT2D eigenvalue weighted by Crippen LogP contribution is 2.19. The van der Waals surface area contributed by atoms with Crippen molar-refractivity contribution >= 4 is 35.1 Å². The fourth-order valence-electron chi connectivity index (χ4n) is 1.94. The zero-order valence-corrected chi connectivity index (χ0v) is 13.6. The van der Waals surface area contributed by atoms with Gasteiger partial charge in [0.2, 0.25) is 0 Å². The molecule has 1 amide bonds. The van der Waals surface area contributed by atoms with Gasteiger partial charge in [-0.1, -0.05) is 23.7 Å². The third-order valence-electron chi connectivity index (χ3n) is 3.11. The molecule has 24 heavy (non-hydrogen) atoms.